The van der Waals surface area contributed by atoms with E-state index in [9.17, 15) is 0 Å². The zero-order chi connectivity index (χ0) is 19.1. The first-order valence-corrected chi connectivity index (χ1v) is 9.25. The van der Waals surface area contributed by atoms with E-state index < -0.39 is 0 Å². The minimum absolute atomic E-state index is 0.623. The molecule has 0 aliphatic carbocycles. The molecule has 2 N–H and O–H groups in total. The van der Waals surface area contributed by atoms with Gasteiger partial charge in [-0.05, 0) is 49.1 Å². The largest absolute Gasteiger partial charge is 0.496 e. The van der Waals surface area contributed by atoms with Gasteiger partial charge < -0.3 is 15.4 Å². The highest BCUT2D eigenvalue weighted by molar-refractivity contribution is 5.58. The lowest BCUT2D eigenvalue weighted by Gasteiger charge is -2.11. The minimum Gasteiger partial charge on any atom is -0.496 e. The number of aromatic nitrogens is 2. The van der Waals surface area contributed by atoms with Crippen LogP contribution in [0.2, 0.25) is 0 Å². The number of benzene rings is 2. The van der Waals surface area contributed by atoms with Gasteiger partial charge in [-0.2, -0.15) is 4.98 Å². The second kappa shape index (κ2) is 9.03. The van der Waals surface area contributed by atoms with Gasteiger partial charge in [0.15, 0.2) is 0 Å². The molecule has 140 valence electrons. The van der Waals surface area contributed by atoms with Gasteiger partial charge in [-0.15, -0.1) is 0 Å². The van der Waals surface area contributed by atoms with Gasteiger partial charge in [0.1, 0.15) is 11.6 Å². The lowest BCUT2D eigenvalue weighted by molar-refractivity contribution is 0.410. The molecule has 3 aromatic rings. The molecule has 0 aliphatic heterocycles. The van der Waals surface area contributed by atoms with Crippen LogP contribution in [0, 0.1) is 6.92 Å². The molecule has 0 fully saturated rings. The molecule has 0 radical (unpaired) electrons. The van der Waals surface area contributed by atoms with Gasteiger partial charge in [0.05, 0.1) is 7.11 Å². The molecule has 0 unspecified atom stereocenters. The van der Waals surface area contributed by atoms with E-state index in [1.165, 1.54) is 5.56 Å². The summed E-state index contributed by atoms with van der Waals surface area (Å²) in [5.41, 5.74) is 4.41. The summed E-state index contributed by atoms with van der Waals surface area (Å²) in [4.78, 5) is 9.06. The number of ether oxygens (including phenoxy) is 1. The number of hydrogen-bond donors (Lipinski definition) is 2. The normalized spacial score (nSPS) is 10.5. The Morgan fingerprint density at radius 1 is 1.00 bits per heavy atom. The van der Waals surface area contributed by atoms with Crippen molar-refractivity contribution in [1.29, 1.82) is 0 Å². The smallest absolute Gasteiger partial charge is 0.224 e. The Labute approximate surface area is 160 Å². The third-order valence-corrected chi connectivity index (χ3v) is 4.36. The number of methoxy groups -OCH3 is 1. The molecule has 3 rings (SSSR count). The summed E-state index contributed by atoms with van der Waals surface area (Å²) in [6.07, 6.45) is 1.87. The quantitative estimate of drug-likeness (QED) is 0.605. The molecule has 2 aromatic carbocycles. The molecule has 0 saturated carbocycles. The van der Waals surface area contributed by atoms with Crippen LogP contribution in [0.5, 0.6) is 5.75 Å². The third-order valence-electron chi connectivity index (χ3n) is 4.36. The van der Waals surface area contributed by atoms with Gasteiger partial charge in [-0.25, -0.2) is 4.98 Å². The zero-order valence-electron chi connectivity index (χ0n) is 16.1. The average Bonchev–Trinajstić information content (AvgIpc) is 2.68. The predicted octanol–water partition coefficient (Wildman–Crippen LogP) is 4.75. The van der Waals surface area contributed by atoms with Crippen molar-refractivity contribution in [3.8, 4) is 5.75 Å². The van der Waals surface area contributed by atoms with E-state index in [1.807, 2.05) is 31.2 Å². The fourth-order valence-corrected chi connectivity index (χ4v) is 2.90. The monoisotopic (exact) mass is 362 g/mol. The number of anilines is 3. The van der Waals surface area contributed by atoms with Crippen molar-refractivity contribution in [3.05, 3.63) is 71.4 Å². The van der Waals surface area contributed by atoms with E-state index in [4.69, 9.17) is 4.74 Å². The van der Waals surface area contributed by atoms with E-state index in [1.54, 1.807) is 7.11 Å². The maximum absolute atomic E-state index is 5.40. The molecule has 1 heterocycles. The SMILES string of the molecule is CCc1ccc(Nc2cc(C)nc(NCCc3ccccc3OC)n2)cc1. The van der Waals surface area contributed by atoms with Crippen LogP contribution < -0.4 is 15.4 Å². The van der Waals surface area contributed by atoms with Crippen LogP contribution in [0.1, 0.15) is 23.7 Å². The van der Waals surface area contributed by atoms with E-state index in [0.717, 1.165) is 47.9 Å². The van der Waals surface area contributed by atoms with E-state index in [2.05, 4.69) is 57.9 Å². The minimum atomic E-state index is 0.623. The van der Waals surface area contributed by atoms with Crippen molar-refractivity contribution < 1.29 is 4.74 Å². The van der Waals surface area contributed by atoms with Crippen molar-refractivity contribution >= 4 is 17.5 Å². The summed E-state index contributed by atoms with van der Waals surface area (Å²) in [5.74, 6) is 2.31. The van der Waals surface area contributed by atoms with Gasteiger partial charge in [-0.3, -0.25) is 0 Å². The number of hydrogen-bond acceptors (Lipinski definition) is 5. The summed E-state index contributed by atoms with van der Waals surface area (Å²) in [7, 11) is 1.70. The van der Waals surface area contributed by atoms with Crippen LogP contribution in [-0.2, 0) is 12.8 Å². The summed E-state index contributed by atoms with van der Waals surface area (Å²) in [5, 5.41) is 6.66. The number of aryl methyl sites for hydroxylation is 2. The molecule has 0 aliphatic rings. The molecule has 0 amide bonds. The fourth-order valence-electron chi connectivity index (χ4n) is 2.90. The summed E-state index contributed by atoms with van der Waals surface area (Å²) in [6.45, 7) is 4.85. The number of nitrogens with one attached hydrogen (secondary N) is 2. The topological polar surface area (TPSA) is 59.1 Å². The first-order valence-electron chi connectivity index (χ1n) is 9.25. The number of para-hydroxylation sites is 1. The molecule has 0 atom stereocenters. The lowest BCUT2D eigenvalue weighted by atomic mass is 10.1. The second-order valence-electron chi connectivity index (χ2n) is 6.38. The van der Waals surface area contributed by atoms with Crippen molar-refractivity contribution in [1.82, 2.24) is 9.97 Å². The lowest BCUT2D eigenvalue weighted by Crippen LogP contribution is -2.10. The highest BCUT2D eigenvalue weighted by atomic mass is 16.5. The van der Waals surface area contributed by atoms with Gasteiger partial charge in [0, 0.05) is 24.0 Å². The van der Waals surface area contributed by atoms with Crippen LogP contribution in [0.4, 0.5) is 17.5 Å². The highest BCUT2D eigenvalue weighted by Crippen LogP contribution is 2.19. The van der Waals surface area contributed by atoms with Gasteiger partial charge >= 0.3 is 0 Å². The number of rotatable bonds is 8. The Balaban J connectivity index is 1.64. The Kier molecular flexibility index (Phi) is 6.26. The molecule has 27 heavy (non-hydrogen) atoms. The van der Waals surface area contributed by atoms with Gasteiger partial charge in [-0.1, -0.05) is 37.3 Å². The van der Waals surface area contributed by atoms with Gasteiger partial charge in [0.25, 0.3) is 0 Å². The van der Waals surface area contributed by atoms with Crippen LogP contribution in [0.15, 0.2) is 54.6 Å². The Bertz CT molecular complexity index is 878. The van der Waals surface area contributed by atoms with Crippen LogP contribution >= 0.6 is 0 Å². The van der Waals surface area contributed by atoms with Crippen LogP contribution in [0.25, 0.3) is 0 Å². The Hall–Kier alpha value is -3.08. The molecular weight excluding hydrogens is 336 g/mol. The fraction of sp³-hybridized carbons (Fsp3) is 0.273. The summed E-state index contributed by atoms with van der Waals surface area (Å²) < 4.78 is 5.40. The van der Waals surface area contributed by atoms with Crippen LogP contribution in [-0.4, -0.2) is 23.6 Å². The maximum Gasteiger partial charge on any atom is 0.224 e. The molecule has 0 spiro atoms. The van der Waals surface area contributed by atoms with Gasteiger partial charge in [0.2, 0.25) is 5.95 Å². The maximum atomic E-state index is 5.40. The first-order chi connectivity index (χ1) is 13.2. The first kappa shape index (κ1) is 18.7. The van der Waals surface area contributed by atoms with E-state index >= 15 is 0 Å². The molecule has 5 nitrogen and oxygen atoms in total. The Morgan fingerprint density at radius 3 is 2.52 bits per heavy atom. The highest BCUT2D eigenvalue weighted by Gasteiger charge is 2.05. The third kappa shape index (κ3) is 5.20. The van der Waals surface area contributed by atoms with Crippen molar-refractivity contribution in [3.63, 3.8) is 0 Å². The molecular formula is C22H26N4O. The zero-order valence-corrected chi connectivity index (χ0v) is 16.1. The Morgan fingerprint density at radius 2 is 1.78 bits per heavy atom. The molecule has 1 aromatic heterocycles. The second-order valence-corrected chi connectivity index (χ2v) is 6.38. The molecule has 0 bridgehead atoms. The number of nitrogens with zero attached hydrogens (tertiary/aromatic N) is 2. The average molecular weight is 362 g/mol. The van der Waals surface area contributed by atoms with Crippen LogP contribution in [0.3, 0.4) is 0 Å². The van der Waals surface area contributed by atoms with E-state index in [-0.39, 0.29) is 0 Å². The predicted molar refractivity (Wildman–Crippen MR) is 111 cm³/mol. The van der Waals surface area contributed by atoms with E-state index in [0.29, 0.717) is 5.95 Å². The molecule has 0 saturated heterocycles. The molecule has 5 heteroatoms. The van der Waals surface area contributed by atoms with Crippen molar-refractivity contribution in [2.45, 2.75) is 26.7 Å². The standard InChI is InChI=1S/C22H26N4O/c1-4-17-9-11-19(12-10-17)25-21-15-16(2)24-22(26-21)23-14-13-18-7-5-6-8-20(18)27-3/h5-12,15H,4,13-14H2,1-3H3,(H2,23,24,25,26). The summed E-state index contributed by atoms with van der Waals surface area (Å²) in [6, 6.07) is 18.4. The van der Waals surface area contributed by atoms with Crippen molar-refractivity contribution in [2.75, 3.05) is 24.3 Å². The van der Waals surface area contributed by atoms with Crippen molar-refractivity contribution in [2.24, 2.45) is 0 Å². The summed E-state index contributed by atoms with van der Waals surface area (Å²) >= 11 is 0.